The molecular formula is C9H13F3N2O. The summed E-state index contributed by atoms with van der Waals surface area (Å²) < 4.78 is 35.7. The molecule has 1 aliphatic rings. The van der Waals surface area contributed by atoms with Gasteiger partial charge in [-0.05, 0) is 5.92 Å². The van der Waals surface area contributed by atoms with E-state index in [1.807, 2.05) is 0 Å². The van der Waals surface area contributed by atoms with Gasteiger partial charge in [0.1, 0.15) is 11.9 Å². The van der Waals surface area contributed by atoms with Crippen molar-refractivity contribution in [3.63, 3.8) is 0 Å². The minimum Gasteiger partial charge on any atom is -0.313 e. The van der Waals surface area contributed by atoms with Crippen LogP contribution in [0.25, 0.3) is 0 Å². The standard InChI is InChI=1S/C9H13F3N2O/c1-5(2)7-8(15)14-6(13-7)3-4-9(10,11)12/h5,7H,3-4H2,1-2H3,(H,13,14,15). The van der Waals surface area contributed by atoms with Crippen LogP contribution in [0, 0.1) is 5.92 Å². The van der Waals surface area contributed by atoms with Crippen LogP contribution in [-0.4, -0.2) is 24.0 Å². The summed E-state index contributed by atoms with van der Waals surface area (Å²) >= 11 is 0. The van der Waals surface area contributed by atoms with Crippen LogP contribution in [0.4, 0.5) is 13.2 Å². The van der Waals surface area contributed by atoms with Gasteiger partial charge in [0.25, 0.3) is 0 Å². The van der Waals surface area contributed by atoms with Crippen LogP contribution in [0.2, 0.25) is 0 Å². The van der Waals surface area contributed by atoms with Crippen molar-refractivity contribution in [1.82, 2.24) is 5.32 Å². The number of hydrogen-bond donors (Lipinski definition) is 1. The Morgan fingerprint density at radius 2 is 2.07 bits per heavy atom. The second kappa shape index (κ2) is 4.20. The van der Waals surface area contributed by atoms with Crippen molar-refractivity contribution in [2.45, 2.75) is 38.9 Å². The number of carbonyl (C=O) groups excluding carboxylic acids is 1. The van der Waals surface area contributed by atoms with Gasteiger partial charge < -0.3 is 5.32 Å². The first kappa shape index (κ1) is 12.0. The normalized spacial score (nSPS) is 21.9. The van der Waals surface area contributed by atoms with Crippen molar-refractivity contribution >= 4 is 11.7 Å². The van der Waals surface area contributed by atoms with Gasteiger partial charge in [-0.3, -0.25) is 9.79 Å². The number of rotatable bonds is 3. The molecule has 0 aromatic heterocycles. The minimum absolute atomic E-state index is 0.00777. The van der Waals surface area contributed by atoms with Gasteiger partial charge in [-0.2, -0.15) is 13.2 Å². The first-order chi connectivity index (χ1) is 6.79. The van der Waals surface area contributed by atoms with Crippen molar-refractivity contribution in [1.29, 1.82) is 0 Å². The van der Waals surface area contributed by atoms with E-state index in [-0.39, 0.29) is 24.1 Å². The van der Waals surface area contributed by atoms with Crippen molar-refractivity contribution in [2.75, 3.05) is 0 Å². The number of alkyl halides is 3. The summed E-state index contributed by atoms with van der Waals surface area (Å²) in [4.78, 5) is 15.2. The number of nitrogens with one attached hydrogen (secondary N) is 1. The molecule has 0 aromatic carbocycles. The number of amides is 1. The third-order valence-corrected chi connectivity index (χ3v) is 2.11. The smallest absolute Gasteiger partial charge is 0.313 e. The maximum Gasteiger partial charge on any atom is 0.389 e. The quantitative estimate of drug-likeness (QED) is 0.778. The molecule has 3 nitrogen and oxygen atoms in total. The Bertz CT molecular complexity index is 284. The number of aliphatic imine (C=N–C) groups is 1. The van der Waals surface area contributed by atoms with Crippen molar-refractivity contribution < 1.29 is 18.0 Å². The van der Waals surface area contributed by atoms with E-state index in [1.165, 1.54) is 0 Å². The third-order valence-electron chi connectivity index (χ3n) is 2.11. The van der Waals surface area contributed by atoms with Gasteiger partial charge in [-0.25, -0.2) is 0 Å². The lowest BCUT2D eigenvalue weighted by atomic mass is 10.1. The summed E-state index contributed by atoms with van der Waals surface area (Å²) in [7, 11) is 0. The molecule has 15 heavy (non-hydrogen) atoms. The van der Waals surface area contributed by atoms with E-state index in [1.54, 1.807) is 13.8 Å². The molecule has 6 heteroatoms. The molecule has 0 spiro atoms. The number of halogens is 3. The van der Waals surface area contributed by atoms with Gasteiger partial charge >= 0.3 is 6.18 Å². The Balaban J connectivity index is 2.52. The SMILES string of the molecule is CC(C)C1N=C(CCC(F)(F)F)NC1=O. The summed E-state index contributed by atoms with van der Waals surface area (Å²) in [6.45, 7) is 3.61. The van der Waals surface area contributed by atoms with E-state index in [0.717, 1.165) is 0 Å². The summed E-state index contributed by atoms with van der Waals surface area (Å²) in [5, 5.41) is 2.37. The zero-order valence-corrected chi connectivity index (χ0v) is 8.56. The average molecular weight is 222 g/mol. The summed E-state index contributed by atoms with van der Waals surface area (Å²) in [6.07, 6.45) is -5.40. The molecule has 1 N–H and O–H groups in total. The van der Waals surface area contributed by atoms with E-state index < -0.39 is 18.6 Å². The fourth-order valence-electron chi connectivity index (χ4n) is 1.31. The molecule has 0 bridgehead atoms. The van der Waals surface area contributed by atoms with Crippen LogP contribution < -0.4 is 5.32 Å². The first-order valence-corrected chi connectivity index (χ1v) is 4.74. The number of carbonyl (C=O) groups is 1. The molecule has 1 atom stereocenters. The highest BCUT2D eigenvalue weighted by molar-refractivity contribution is 6.05. The maximum atomic E-state index is 11.9. The zero-order chi connectivity index (χ0) is 11.6. The van der Waals surface area contributed by atoms with Crippen LogP contribution in [-0.2, 0) is 4.79 Å². The first-order valence-electron chi connectivity index (χ1n) is 4.74. The fraction of sp³-hybridized carbons (Fsp3) is 0.778. The lowest BCUT2D eigenvalue weighted by Gasteiger charge is -2.06. The van der Waals surface area contributed by atoms with Gasteiger partial charge in [-0.1, -0.05) is 13.8 Å². The summed E-state index contributed by atoms with van der Waals surface area (Å²) in [5.41, 5.74) is 0. The Kier molecular flexibility index (Phi) is 3.36. The topological polar surface area (TPSA) is 41.5 Å². The molecule has 1 unspecified atom stereocenters. The molecule has 0 saturated carbocycles. The van der Waals surface area contributed by atoms with Crippen molar-refractivity contribution in [2.24, 2.45) is 10.9 Å². The molecule has 0 fully saturated rings. The van der Waals surface area contributed by atoms with E-state index in [4.69, 9.17) is 0 Å². The van der Waals surface area contributed by atoms with Crippen LogP contribution >= 0.6 is 0 Å². The highest BCUT2D eigenvalue weighted by atomic mass is 19.4. The van der Waals surface area contributed by atoms with Crippen LogP contribution in [0.1, 0.15) is 26.7 Å². The molecule has 1 amide bonds. The number of nitrogens with zero attached hydrogens (tertiary/aromatic N) is 1. The lowest BCUT2D eigenvalue weighted by molar-refractivity contribution is -0.133. The number of hydrogen-bond acceptors (Lipinski definition) is 2. The average Bonchev–Trinajstić information content (AvgIpc) is 2.42. The van der Waals surface area contributed by atoms with Crippen LogP contribution in [0.15, 0.2) is 4.99 Å². The van der Waals surface area contributed by atoms with Crippen LogP contribution in [0.5, 0.6) is 0 Å². The molecule has 1 rings (SSSR count). The summed E-state index contributed by atoms with van der Waals surface area (Å²) in [5.74, 6) is -0.147. The Morgan fingerprint density at radius 3 is 2.47 bits per heavy atom. The minimum atomic E-state index is -4.21. The van der Waals surface area contributed by atoms with Gasteiger partial charge in [0.15, 0.2) is 0 Å². The molecule has 0 radical (unpaired) electrons. The number of amidine groups is 1. The van der Waals surface area contributed by atoms with E-state index in [2.05, 4.69) is 10.3 Å². The molecule has 0 saturated heterocycles. The van der Waals surface area contributed by atoms with Gasteiger partial charge in [0.2, 0.25) is 5.91 Å². The molecule has 1 heterocycles. The predicted octanol–water partition coefficient (Wildman–Crippen LogP) is 1.88. The molecular weight excluding hydrogens is 209 g/mol. The molecule has 0 aromatic rings. The van der Waals surface area contributed by atoms with E-state index in [0.29, 0.717) is 0 Å². The Morgan fingerprint density at radius 1 is 1.47 bits per heavy atom. The largest absolute Gasteiger partial charge is 0.389 e. The predicted molar refractivity (Wildman–Crippen MR) is 49.5 cm³/mol. The van der Waals surface area contributed by atoms with Crippen molar-refractivity contribution in [3.05, 3.63) is 0 Å². The van der Waals surface area contributed by atoms with E-state index >= 15 is 0 Å². The fourth-order valence-corrected chi connectivity index (χ4v) is 1.31. The van der Waals surface area contributed by atoms with E-state index in [9.17, 15) is 18.0 Å². The molecule has 1 aliphatic heterocycles. The maximum absolute atomic E-state index is 11.9. The third kappa shape index (κ3) is 3.53. The second-order valence-electron chi connectivity index (χ2n) is 3.87. The monoisotopic (exact) mass is 222 g/mol. The van der Waals surface area contributed by atoms with Crippen molar-refractivity contribution in [3.8, 4) is 0 Å². The highest BCUT2D eigenvalue weighted by Gasteiger charge is 2.32. The van der Waals surface area contributed by atoms with Crippen LogP contribution in [0.3, 0.4) is 0 Å². The Hall–Kier alpha value is -1.07. The Labute approximate surface area is 85.8 Å². The molecule has 86 valence electrons. The van der Waals surface area contributed by atoms with Gasteiger partial charge in [-0.15, -0.1) is 0 Å². The zero-order valence-electron chi connectivity index (χ0n) is 8.56. The lowest BCUT2D eigenvalue weighted by Crippen LogP contribution is -2.31. The molecule has 0 aliphatic carbocycles. The highest BCUT2D eigenvalue weighted by Crippen LogP contribution is 2.22. The summed E-state index contributed by atoms with van der Waals surface area (Å²) in [6, 6.07) is -0.534. The van der Waals surface area contributed by atoms with Gasteiger partial charge in [0.05, 0.1) is 6.42 Å². The second-order valence-corrected chi connectivity index (χ2v) is 3.87. The van der Waals surface area contributed by atoms with Gasteiger partial charge in [0, 0.05) is 6.42 Å².